The zero-order chi connectivity index (χ0) is 34.9. The predicted octanol–water partition coefficient (Wildman–Crippen LogP) is 13.0. The van der Waals surface area contributed by atoms with E-state index < -0.39 is 0 Å². The van der Waals surface area contributed by atoms with E-state index in [-0.39, 0.29) is 0 Å². The molecule has 46 heavy (non-hydrogen) atoms. The van der Waals surface area contributed by atoms with Crippen molar-refractivity contribution >= 4 is 0 Å². The highest BCUT2D eigenvalue weighted by Crippen LogP contribution is 2.20. The average Bonchev–Trinajstić information content (AvgIpc) is 3.05. The first-order valence-corrected chi connectivity index (χ1v) is 19.8. The number of allylic oxidation sites excluding steroid dienone is 6. The Balaban J connectivity index is -0.000000603. The molecule has 0 saturated heterocycles. The van der Waals surface area contributed by atoms with E-state index in [1.165, 1.54) is 89.9 Å². The van der Waals surface area contributed by atoms with E-state index in [1.54, 1.807) is 0 Å². The van der Waals surface area contributed by atoms with Crippen molar-refractivity contribution in [3.63, 3.8) is 0 Å². The lowest BCUT2D eigenvalue weighted by Crippen LogP contribution is -2.00. The molecule has 0 saturated carbocycles. The molecule has 0 rings (SSSR count). The van der Waals surface area contributed by atoms with Crippen molar-refractivity contribution < 1.29 is 15.3 Å². The average molecular weight is 649 g/mol. The van der Waals surface area contributed by atoms with Crippen LogP contribution in [0.5, 0.6) is 0 Å². The molecular weight excluding hydrogens is 564 g/mol. The van der Waals surface area contributed by atoms with Crippen molar-refractivity contribution in [2.24, 2.45) is 23.7 Å². The van der Waals surface area contributed by atoms with Crippen molar-refractivity contribution in [2.75, 3.05) is 19.8 Å². The van der Waals surface area contributed by atoms with Gasteiger partial charge in [-0.1, -0.05) is 135 Å². The topological polar surface area (TPSA) is 60.7 Å². The Morgan fingerprint density at radius 3 is 1.35 bits per heavy atom. The van der Waals surface area contributed by atoms with Crippen molar-refractivity contribution in [1.82, 2.24) is 0 Å². The lowest BCUT2D eigenvalue weighted by Gasteiger charge is -2.13. The third kappa shape index (κ3) is 42.8. The Kier molecular flexibility index (Phi) is 46.9. The maximum Gasteiger partial charge on any atom is 0.0431 e. The zero-order valence-corrected chi connectivity index (χ0v) is 31.9. The van der Waals surface area contributed by atoms with Gasteiger partial charge < -0.3 is 15.3 Å². The summed E-state index contributed by atoms with van der Waals surface area (Å²) in [6, 6.07) is 0. The molecule has 0 aromatic heterocycles. The first-order valence-electron chi connectivity index (χ1n) is 19.8. The third-order valence-electron chi connectivity index (χ3n) is 8.69. The highest BCUT2D eigenvalue weighted by molar-refractivity contribution is 4.87. The van der Waals surface area contributed by atoms with Crippen LogP contribution in [0.4, 0.5) is 0 Å². The zero-order valence-electron chi connectivity index (χ0n) is 31.9. The van der Waals surface area contributed by atoms with Crippen molar-refractivity contribution in [3.8, 4) is 0 Å². The molecule has 0 aromatic rings. The maximum atomic E-state index is 8.63. The van der Waals surface area contributed by atoms with Crippen LogP contribution >= 0.6 is 0 Å². The number of hydrogen-bond donors (Lipinski definition) is 3. The number of hydrogen-bond acceptors (Lipinski definition) is 3. The van der Waals surface area contributed by atoms with Crippen LogP contribution in [0.2, 0.25) is 0 Å². The minimum atomic E-state index is 0.320. The van der Waals surface area contributed by atoms with E-state index >= 15 is 0 Å². The monoisotopic (exact) mass is 649 g/mol. The van der Waals surface area contributed by atoms with Gasteiger partial charge in [0.25, 0.3) is 0 Å². The molecule has 0 fully saturated rings. The second-order valence-electron chi connectivity index (χ2n) is 13.6. The van der Waals surface area contributed by atoms with Gasteiger partial charge in [0, 0.05) is 19.8 Å². The Morgan fingerprint density at radius 1 is 0.478 bits per heavy atom. The highest BCUT2D eigenvalue weighted by Gasteiger charge is 2.06. The van der Waals surface area contributed by atoms with E-state index in [2.05, 4.69) is 84.2 Å². The van der Waals surface area contributed by atoms with Crippen LogP contribution in [0, 0.1) is 23.7 Å². The smallest absolute Gasteiger partial charge is 0.0431 e. The first kappa shape index (κ1) is 49.2. The van der Waals surface area contributed by atoms with Gasteiger partial charge >= 0.3 is 0 Å². The van der Waals surface area contributed by atoms with Crippen LogP contribution in [0.25, 0.3) is 0 Å². The first-order chi connectivity index (χ1) is 22.4. The fourth-order valence-corrected chi connectivity index (χ4v) is 5.74. The summed E-state index contributed by atoms with van der Waals surface area (Å²) in [6.45, 7) is 20.1. The normalized spacial score (nSPS) is 13.2. The number of rotatable bonds is 31. The second kappa shape index (κ2) is 43.8. The van der Waals surface area contributed by atoms with Gasteiger partial charge in [0.05, 0.1) is 0 Å². The second-order valence-corrected chi connectivity index (χ2v) is 13.6. The van der Waals surface area contributed by atoms with Crippen molar-refractivity contribution in [3.05, 3.63) is 49.6 Å². The number of aliphatic hydroxyl groups excluding tert-OH is 3. The van der Waals surface area contributed by atoms with E-state index in [0.29, 0.717) is 31.7 Å². The van der Waals surface area contributed by atoms with E-state index in [1.807, 2.05) is 0 Å². The summed E-state index contributed by atoms with van der Waals surface area (Å²) in [5.74, 6) is 3.10. The molecule has 0 aliphatic carbocycles. The molecule has 3 heteroatoms. The van der Waals surface area contributed by atoms with Crippen LogP contribution in [0.1, 0.15) is 182 Å². The van der Waals surface area contributed by atoms with Crippen LogP contribution in [0.3, 0.4) is 0 Å². The van der Waals surface area contributed by atoms with Crippen LogP contribution < -0.4 is 0 Å². The van der Waals surface area contributed by atoms with Gasteiger partial charge in [-0.05, 0) is 107 Å². The van der Waals surface area contributed by atoms with Gasteiger partial charge in [-0.15, -0.1) is 13.2 Å². The van der Waals surface area contributed by atoms with Crippen molar-refractivity contribution in [2.45, 2.75) is 182 Å². The number of aliphatic hydroxyl groups is 3. The Labute approximate surface area is 290 Å². The van der Waals surface area contributed by atoms with Crippen LogP contribution in [0.15, 0.2) is 49.6 Å². The lowest BCUT2D eigenvalue weighted by molar-refractivity contribution is 0.282. The van der Waals surface area contributed by atoms with Gasteiger partial charge in [0.1, 0.15) is 0 Å². The minimum Gasteiger partial charge on any atom is -0.396 e. The van der Waals surface area contributed by atoms with Gasteiger partial charge in [0.2, 0.25) is 0 Å². The fraction of sp³-hybridized carbons (Fsp3) is 0.814. The Hall–Kier alpha value is -1.16. The molecule has 0 heterocycles. The van der Waals surface area contributed by atoms with Crippen LogP contribution in [-0.2, 0) is 0 Å². The largest absolute Gasteiger partial charge is 0.396 e. The molecule has 0 spiro atoms. The summed E-state index contributed by atoms with van der Waals surface area (Å²) >= 11 is 0. The summed E-state index contributed by atoms with van der Waals surface area (Å²) in [5, 5.41) is 25.9. The predicted molar refractivity (Wildman–Crippen MR) is 208 cm³/mol. The highest BCUT2D eigenvalue weighted by atomic mass is 16.3. The summed E-state index contributed by atoms with van der Waals surface area (Å²) in [5.41, 5.74) is 0. The molecule has 0 radical (unpaired) electrons. The van der Waals surface area contributed by atoms with E-state index in [0.717, 1.165) is 69.6 Å². The quantitative estimate of drug-likeness (QED) is 0.0518. The number of unbranched alkanes of at least 4 members (excludes halogenated alkanes) is 9. The lowest BCUT2D eigenvalue weighted by atomic mass is 9.93. The van der Waals surface area contributed by atoms with Crippen molar-refractivity contribution in [1.29, 1.82) is 0 Å². The van der Waals surface area contributed by atoms with E-state index in [9.17, 15) is 0 Å². The van der Waals surface area contributed by atoms with Gasteiger partial charge in [-0.25, -0.2) is 0 Å². The molecule has 0 bridgehead atoms. The molecule has 3 nitrogen and oxygen atoms in total. The molecular formula is C43H84O3. The Bertz CT molecular complexity index is 624. The molecule has 0 aromatic carbocycles. The molecule has 3 N–H and O–H groups in total. The summed E-state index contributed by atoms with van der Waals surface area (Å²) in [7, 11) is 0. The van der Waals surface area contributed by atoms with Gasteiger partial charge in [-0.3, -0.25) is 0 Å². The van der Waals surface area contributed by atoms with E-state index in [4.69, 9.17) is 15.3 Å². The molecule has 0 aliphatic rings. The Morgan fingerprint density at radius 2 is 0.913 bits per heavy atom. The summed E-state index contributed by atoms with van der Waals surface area (Å²) < 4.78 is 0. The molecule has 274 valence electrons. The van der Waals surface area contributed by atoms with Gasteiger partial charge in [0.15, 0.2) is 0 Å². The minimum absolute atomic E-state index is 0.320. The summed E-state index contributed by atoms with van der Waals surface area (Å²) in [4.78, 5) is 0. The SMILES string of the molecule is C=CC(CC/C=C/CCCCO)CC(C)C.C=CC(CCC)CC/C=C/CCCCO.CCCC(CC)CCCCCCCCO. The van der Waals surface area contributed by atoms with Gasteiger partial charge in [-0.2, -0.15) is 0 Å². The third-order valence-corrected chi connectivity index (χ3v) is 8.69. The molecule has 0 amide bonds. The van der Waals surface area contributed by atoms with Crippen LogP contribution in [-0.4, -0.2) is 35.1 Å². The molecule has 3 atom stereocenters. The fourth-order valence-electron chi connectivity index (χ4n) is 5.74. The summed E-state index contributed by atoms with van der Waals surface area (Å²) in [6.07, 6.45) is 41.2. The maximum absolute atomic E-state index is 8.63. The standard InChI is InChI=1S/C15H28O.C14H30O.C14H26O/c1-4-15(13-14(2)3)11-9-7-5-6-8-10-12-16;2*1-3-11-14(4-2)12-9-7-5-6-8-10-13-15/h4-5,7,14-16H,1,6,8-13H2,2-3H3;14-15H,3-13H2,1-2H3;4-5,7,14-15H,2-3,6,8-13H2,1H3/b7-5+;;7-5+. The molecule has 3 unspecified atom stereocenters. The molecule has 0 aliphatic heterocycles.